The molecule has 2 heterocycles. The summed E-state index contributed by atoms with van der Waals surface area (Å²) in [6.07, 6.45) is 1.92. The number of phenols is 1. The van der Waals surface area contributed by atoms with Crippen molar-refractivity contribution in [3.05, 3.63) is 143 Å². The molecule has 5 heteroatoms. The van der Waals surface area contributed by atoms with Crippen LogP contribution in [0.1, 0.15) is 130 Å². The summed E-state index contributed by atoms with van der Waals surface area (Å²) in [7, 11) is 0. The third-order valence-electron chi connectivity index (χ3n) is 11.5. The molecule has 0 atom stereocenters. The molecule has 0 saturated carbocycles. The van der Waals surface area contributed by atoms with E-state index in [-0.39, 0.29) is 54.9 Å². The van der Waals surface area contributed by atoms with Gasteiger partial charge in [0.15, 0.2) is 0 Å². The summed E-state index contributed by atoms with van der Waals surface area (Å²) in [5.41, 5.74) is 15.4. The van der Waals surface area contributed by atoms with Crippen molar-refractivity contribution < 1.29 is 26.2 Å². The molecule has 5 aromatic carbocycles. The number of nitrogens with zero attached hydrogens (tertiary/aromatic N) is 3. The summed E-state index contributed by atoms with van der Waals surface area (Å²) < 4.78 is 2.35. The second-order valence-corrected chi connectivity index (χ2v) is 19.7. The molecule has 0 amide bonds. The maximum atomic E-state index is 11.9. The number of para-hydroxylation sites is 1. The average molecular weight is 962 g/mol. The Bertz CT molecular complexity index is 2600. The van der Waals surface area contributed by atoms with E-state index >= 15 is 0 Å². The first kappa shape index (κ1) is 43.8. The van der Waals surface area contributed by atoms with Crippen LogP contribution < -0.4 is 0 Å². The molecule has 0 radical (unpaired) electrons. The minimum Gasteiger partial charge on any atom is -0.507 e. The zero-order chi connectivity index (χ0) is 41.9. The van der Waals surface area contributed by atoms with Crippen molar-refractivity contribution in [3.63, 3.8) is 0 Å². The van der Waals surface area contributed by atoms with Crippen molar-refractivity contribution in [2.45, 2.75) is 118 Å². The smallest absolute Gasteiger partial charge is 0.148 e. The summed E-state index contributed by atoms with van der Waals surface area (Å²) in [4.78, 5) is 10.6. The molecule has 0 unspecified atom stereocenters. The third kappa shape index (κ3) is 8.76. The largest absolute Gasteiger partial charge is 0.507 e. The van der Waals surface area contributed by atoms with Gasteiger partial charge in [-0.2, -0.15) is 0 Å². The van der Waals surface area contributed by atoms with E-state index < -0.39 is 0 Å². The number of aromatic nitrogens is 3. The Morgan fingerprint density at radius 1 is 0.576 bits per heavy atom. The molecule has 0 spiro atoms. The van der Waals surface area contributed by atoms with Crippen molar-refractivity contribution >= 4 is 11.0 Å². The Morgan fingerprint density at radius 3 is 1.76 bits per heavy atom. The Morgan fingerprint density at radius 2 is 1.17 bits per heavy atom. The van der Waals surface area contributed by atoms with Crippen LogP contribution in [0.4, 0.5) is 0 Å². The van der Waals surface area contributed by atoms with E-state index in [1.165, 1.54) is 27.8 Å². The molecule has 0 aliphatic rings. The fraction of sp³-hybridized carbons (Fsp3) is 0.333. The molecule has 59 heavy (non-hydrogen) atoms. The van der Waals surface area contributed by atoms with Crippen LogP contribution in [0, 0.1) is 6.07 Å². The molecule has 1 N–H and O–H groups in total. The van der Waals surface area contributed by atoms with E-state index in [0.29, 0.717) is 11.4 Å². The Balaban J connectivity index is 0.00000585. The minimum absolute atomic E-state index is 0. The maximum Gasteiger partial charge on any atom is 0.148 e. The molecule has 308 valence electrons. The third-order valence-corrected chi connectivity index (χ3v) is 11.5. The van der Waals surface area contributed by atoms with E-state index in [0.717, 1.165) is 50.2 Å². The van der Waals surface area contributed by atoms with Crippen LogP contribution in [-0.2, 0) is 37.3 Å². The van der Waals surface area contributed by atoms with Crippen LogP contribution in [0.5, 0.6) is 5.75 Å². The van der Waals surface area contributed by atoms with Gasteiger partial charge in [-0.1, -0.05) is 168 Å². The van der Waals surface area contributed by atoms with Crippen LogP contribution in [0.25, 0.3) is 61.6 Å². The van der Waals surface area contributed by atoms with Crippen molar-refractivity contribution in [2.75, 3.05) is 0 Å². The number of imidazole rings is 1. The van der Waals surface area contributed by atoms with Gasteiger partial charge in [-0.3, -0.25) is 9.55 Å². The normalized spacial score (nSPS) is 12.4. The van der Waals surface area contributed by atoms with Gasteiger partial charge in [-0.15, -0.1) is 29.3 Å². The van der Waals surface area contributed by atoms with Gasteiger partial charge in [0.25, 0.3) is 0 Å². The first-order chi connectivity index (χ1) is 27.2. The first-order valence-electron chi connectivity index (χ1n) is 20.9. The zero-order valence-electron chi connectivity index (χ0n) is 37.2. The van der Waals surface area contributed by atoms with Gasteiger partial charge in [0.2, 0.25) is 0 Å². The molecule has 0 saturated heterocycles. The van der Waals surface area contributed by atoms with E-state index in [1.54, 1.807) is 0 Å². The van der Waals surface area contributed by atoms with E-state index in [1.807, 2.05) is 24.4 Å². The Kier molecular flexibility index (Phi) is 12.1. The topological polar surface area (TPSA) is 50.9 Å². The van der Waals surface area contributed by atoms with Crippen molar-refractivity contribution in [3.8, 4) is 56.3 Å². The average Bonchev–Trinajstić information content (AvgIpc) is 3.55. The fourth-order valence-corrected chi connectivity index (χ4v) is 7.85. The van der Waals surface area contributed by atoms with Gasteiger partial charge in [0.05, 0.1) is 22.3 Å². The predicted molar refractivity (Wildman–Crippen MR) is 245 cm³/mol. The molecular formula is C54H60N3OPt-. The van der Waals surface area contributed by atoms with E-state index in [9.17, 15) is 5.11 Å². The summed E-state index contributed by atoms with van der Waals surface area (Å²) >= 11 is 0. The quantitative estimate of drug-likeness (QED) is 0.162. The second kappa shape index (κ2) is 16.3. The molecule has 0 aliphatic carbocycles. The van der Waals surface area contributed by atoms with Crippen LogP contribution in [0.2, 0.25) is 0 Å². The van der Waals surface area contributed by atoms with E-state index in [4.69, 9.17) is 9.97 Å². The predicted octanol–water partition coefficient (Wildman–Crippen LogP) is 14.7. The molecular weight excluding hydrogens is 902 g/mol. The SMILES string of the molecule is CC(C)c1cccc(C(C)C)c1-n1c(-c2cc(-c3ccccc3)ccc2O)nc2c(-c3[c-]c(-c4cc(C(C)(C)C)ccn4)cc(C(C)(C)C)c3)cc(C(C)(C)C)cc21.[Pt]. The summed E-state index contributed by atoms with van der Waals surface area (Å²) in [5, 5.41) is 11.9. The number of aromatic hydroxyl groups is 1. The summed E-state index contributed by atoms with van der Waals surface area (Å²) in [6.45, 7) is 29.4. The molecule has 7 aromatic rings. The van der Waals surface area contributed by atoms with Gasteiger partial charge < -0.3 is 5.11 Å². The van der Waals surface area contributed by atoms with Crippen LogP contribution in [-0.4, -0.2) is 19.6 Å². The van der Waals surface area contributed by atoms with Gasteiger partial charge in [0.1, 0.15) is 11.6 Å². The van der Waals surface area contributed by atoms with Crippen LogP contribution in [0.15, 0.2) is 109 Å². The Hall–Kier alpha value is -4.79. The molecule has 7 rings (SSSR count). The molecule has 0 aliphatic heterocycles. The summed E-state index contributed by atoms with van der Waals surface area (Å²) in [5.74, 6) is 1.38. The number of hydrogen-bond donors (Lipinski definition) is 1. The number of pyridine rings is 1. The van der Waals surface area contributed by atoms with Crippen LogP contribution >= 0.6 is 0 Å². The molecule has 0 bridgehead atoms. The number of rotatable bonds is 7. The Labute approximate surface area is 367 Å². The monoisotopic (exact) mass is 961 g/mol. The van der Waals surface area contributed by atoms with Gasteiger partial charge in [-0.05, 0) is 85.7 Å². The maximum absolute atomic E-state index is 11.9. The number of fused-ring (bicyclic) bond motifs is 1. The van der Waals surface area contributed by atoms with Gasteiger partial charge in [0, 0.05) is 33.0 Å². The van der Waals surface area contributed by atoms with Gasteiger partial charge in [-0.25, -0.2) is 4.98 Å². The number of hydrogen-bond acceptors (Lipinski definition) is 3. The van der Waals surface area contributed by atoms with Crippen molar-refractivity contribution in [2.24, 2.45) is 0 Å². The molecule has 4 nitrogen and oxygen atoms in total. The van der Waals surface area contributed by atoms with Gasteiger partial charge >= 0.3 is 0 Å². The number of benzene rings is 5. The van der Waals surface area contributed by atoms with Crippen molar-refractivity contribution in [1.29, 1.82) is 0 Å². The fourth-order valence-electron chi connectivity index (χ4n) is 7.85. The first-order valence-corrected chi connectivity index (χ1v) is 20.9. The standard InChI is InChI=1S/C54H60N3O.Pt/c1-33(2)42-20-17-21-43(34(3)4)50(42)57-47-32-41(54(11,12)13)30-44(49(47)56-51(57)45-29-36(22-23-48(45)58)35-18-15-14-16-19-35)37-26-38(28-40(27-37)53(8,9)10)46-31-39(24-25-55-46)52(5,6)7;/h14-25,27-34,58H,1-13H3;/q-1;. The van der Waals surface area contributed by atoms with E-state index in [2.05, 4.69) is 186 Å². The second-order valence-electron chi connectivity index (χ2n) is 19.7. The zero-order valence-corrected chi connectivity index (χ0v) is 39.4. The summed E-state index contributed by atoms with van der Waals surface area (Å²) in [6, 6.07) is 40.4. The number of phenolic OH excluding ortho intramolecular Hbond substituents is 1. The van der Waals surface area contributed by atoms with Crippen LogP contribution in [0.3, 0.4) is 0 Å². The molecule has 2 aromatic heterocycles. The minimum atomic E-state index is -0.181. The molecule has 0 fully saturated rings. The van der Waals surface area contributed by atoms with Crippen molar-refractivity contribution in [1.82, 2.24) is 14.5 Å².